The van der Waals surface area contributed by atoms with Gasteiger partial charge in [0.2, 0.25) is 5.88 Å². The number of nitrogens with zero attached hydrogens (tertiary/aromatic N) is 1. The van der Waals surface area contributed by atoms with Crippen LogP contribution >= 0.6 is 0 Å². The van der Waals surface area contributed by atoms with Crippen LogP contribution in [0.4, 0.5) is 5.69 Å². The molecular weight excluding hydrogens is 176 g/mol. The van der Waals surface area contributed by atoms with Gasteiger partial charge in [-0.1, -0.05) is 0 Å². The number of nitrogens with two attached hydrogens (primary N) is 1. The average Bonchev–Trinajstić information content (AvgIpc) is 2.23. The maximum Gasteiger partial charge on any atom is 0.216 e. The van der Waals surface area contributed by atoms with E-state index >= 15 is 0 Å². The summed E-state index contributed by atoms with van der Waals surface area (Å²) < 4.78 is 5.28. The summed E-state index contributed by atoms with van der Waals surface area (Å²) in [4.78, 5) is 4.36. The van der Waals surface area contributed by atoms with Crippen LogP contribution in [0.1, 0.15) is 29.7 Å². The van der Waals surface area contributed by atoms with E-state index in [0.717, 1.165) is 30.1 Å². The van der Waals surface area contributed by atoms with E-state index < -0.39 is 0 Å². The number of nitrogen functional groups attached to an aromatic ring is 1. The van der Waals surface area contributed by atoms with Crippen molar-refractivity contribution in [3.05, 3.63) is 16.8 Å². The molecule has 0 aromatic carbocycles. The Hall–Kier alpha value is -1.25. The first-order chi connectivity index (χ1) is 6.74. The average molecular weight is 192 g/mol. The number of methoxy groups -OCH3 is 1. The Balaban J connectivity index is 2.60. The molecule has 1 aliphatic rings. The van der Waals surface area contributed by atoms with Gasteiger partial charge < -0.3 is 10.5 Å². The first-order valence-electron chi connectivity index (χ1n) is 5.06. The van der Waals surface area contributed by atoms with Crippen molar-refractivity contribution in [3.63, 3.8) is 0 Å². The lowest BCUT2D eigenvalue weighted by Gasteiger charge is -2.20. The highest BCUT2D eigenvalue weighted by molar-refractivity contribution is 5.57. The monoisotopic (exact) mass is 192 g/mol. The van der Waals surface area contributed by atoms with Crippen LogP contribution in [0.5, 0.6) is 5.88 Å². The minimum Gasteiger partial charge on any atom is -0.481 e. The number of rotatable bonds is 1. The number of hydrogen-bond donors (Lipinski definition) is 1. The van der Waals surface area contributed by atoms with Crippen molar-refractivity contribution >= 4 is 5.69 Å². The Bertz CT molecular complexity index is 361. The number of anilines is 1. The number of pyridine rings is 1. The summed E-state index contributed by atoms with van der Waals surface area (Å²) in [5, 5.41) is 0. The third kappa shape index (κ3) is 1.33. The fraction of sp³-hybridized carbons (Fsp3) is 0.545. The molecule has 1 aromatic rings. The lowest BCUT2D eigenvalue weighted by molar-refractivity contribution is 0.388. The van der Waals surface area contributed by atoms with Gasteiger partial charge in [0.05, 0.1) is 18.5 Å². The zero-order valence-corrected chi connectivity index (χ0v) is 8.76. The van der Waals surface area contributed by atoms with E-state index in [1.807, 2.05) is 6.92 Å². The van der Waals surface area contributed by atoms with Gasteiger partial charge in [0.15, 0.2) is 0 Å². The molecule has 0 aliphatic heterocycles. The van der Waals surface area contributed by atoms with E-state index in [4.69, 9.17) is 10.5 Å². The van der Waals surface area contributed by atoms with Crippen molar-refractivity contribution in [1.29, 1.82) is 0 Å². The van der Waals surface area contributed by atoms with Crippen molar-refractivity contribution in [2.24, 2.45) is 0 Å². The molecule has 0 radical (unpaired) electrons. The maximum atomic E-state index is 6.01. The Morgan fingerprint density at radius 2 is 1.86 bits per heavy atom. The van der Waals surface area contributed by atoms with Crippen molar-refractivity contribution in [2.45, 2.75) is 32.6 Å². The van der Waals surface area contributed by atoms with Gasteiger partial charge in [-0.15, -0.1) is 0 Å². The predicted molar refractivity (Wildman–Crippen MR) is 56.6 cm³/mol. The molecule has 0 saturated heterocycles. The predicted octanol–water partition coefficient (Wildman–Crippen LogP) is 1.86. The van der Waals surface area contributed by atoms with Crippen molar-refractivity contribution < 1.29 is 4.74 Å². The molecule has 3 nitrogen and oxygen atoms in total. The van der Waals surface area contributed by atoms with E-state index in [1.165, 1.54) is 24.0 Å². The molecule has 76 valence electrons. The molecule has 1 aromatic heterocycles. The second-order valence-electron chi connectivity index (χ2n) is 3.78. The molecule has 0 unspecified atom stereocenters. The van der Waals surface area contributed by atoms with Gasteiger partial charge in [0.1, 0.15) is 0 Å². The highest BCUT2D eigenvalue weighted by atomic mass is 16.5. The molecule has 0 fully saturated rings. The highest BCUT2D eigenvalue weighted by Crippen LogP contribution is 2.33. The zero-order valence-electron chi connectivity index (χ0n) is 8.76. The van der Waals surface area contributed by atoms with Crippen LogP contribution in [0, 0.1) is 6.92 Å². The van der Waals surface area contributed by atoms with Gasteiger partial charge in [0.25, 0.3) is 0 Å². The topological polar surface area (TPSA) is 48.1 Å². The van der Waals surface area contributed by atoms with Crippen LogP contribution in [-0.2, 0) is 12.8 Å². The summed E-state index contributed by atoms with van der Waals surface area (Å²) in [6.45, 7) is 1.94. The van der Waals surface area contributed by atoms with Gasteiger partial charge in [-0.2, -0.15) is 0 Å². The van der Waals surface area contributed by atoms with Crippen molar-refractivity contribution in [2.75, 3.05) is 12.8 Å². The normalized spacial score (nSPS) is 15.0. The minimum atomic E-state index is 0.770. The molecule has 0 spiro atoms. The molecule has 0 amide bonds. The van der Waals surface area contributed by atoms with Crippen LogP contribution in [-0.4, -0.2) is 12.1 Å². The number of ether oxygens (including phenoxy) is 1. The smallest absolute Gasteiger partial charge is 0.216 e. The fourth-order valence-corrected chi connectivity index (χ4v) is 2.11. The summed E-state index contributed by atoms with van der Waals surface area (Å²) in [7, 11) is 1.67. The maximum absolute atomic E-state index is 6.01. The van der Waals surface area contributed by atoms with Gasteiger partial charge >= 0.3 is 0 Å². The second-order valence-corrected chi connectivity index (χ2v) is 3.78. The van der Waals surface area contributed by atoms with Gasteiger partial charge in [-0.05, 0) is 38.2 Å². The number of aryl methyl sites for hydroxylation is 1. The van der Waals surface area contributed by atoms with E-state index in [9.17, 15) is 0 Å². The summed E-state index contributed by atoms with van der Waals surface area (Å²) in [5.41, 5.74) is 10.3. The van der Waals surface area contributed by atoms with Crippen molar-refractivity contribution in [1.82, 2.24) is 4.98 Å². The van der Waals surface area contributed by atoms with E-state index in [1.54, 1.807) is 7.11 Å². The Labute approximate surface area is 84.3 Å². The van der Waals surface area contributed by atoms with Crippen LogP contribution in [0.15, 0.2) is 0 Å². The van der Waals surface area contributed by atoms with Crippen LogP contribution < -0.4 is 10.5 Å². The van der Waals surface area contributed by atoms with Gasteiger partial charge in [0, 0.05) is 5.56 Å². The number of fused-ring (bicyclic) bond motifs is 1. The molecule has 14 heavy (non-hydrogen) atoms. The lowest BCUT2D eigenvalue weighted by atomic mass is 9.91. The number of aromatic nitrogens is 1. The SMILES string of the molecule is COc1nc(C)c(N)c2c1CCCC2. The van der Waals surface area contributed by atoms with Crippen LogP contribution in [0.2, 0.25) is 0 Å². The van der Waals surface area contributed by atoms with E-state index in [2.05, 4.69) is 4.98 Å². The van der Waals surface area contributed by atoms with E-state index in [0.29, 0.717) is 0 Å². The summed E-state index contributed by atoms with van der Waals surface area (Å²) in [6, 6.07) is 0. The summed E-state index contributed by atoms with van der Waals surface area (Å²) in [6.07, 6.45) is 4.56. The van der Waals surface area contributed by atoms with Crippen LogP contribution in [0.3, 0.4) is 0 Å². The molecular formula is C11H16N2O. The Kier molecular flexibility index (Phi) is 2.32. The molecule has 1 heterocycles. The summed E-state index contributed by atoms with van der Waals surface area (Å²) in [5.74, 6) is 0.770. The molecule has 1 aliphatic carbocycles. The quantitative estimate of drug-likeness (QED) is 0.738. The fourth-order valence-electron chi connectivity index (χ4n) is 2.11. The van der Waals surface area contributed by atoms with Crippen molar-refractivity contribution in [3.8, 4) is 5.88 Å². The third-order valence-corrected chi connectivity index (χ3v) is 2.90. The zero-order chi connectivity index (χ0) is 10.1. The van der Waals surface area contributed by atoms with Gasteiger partial charge in [-0.3, -0.25) is 0 Å². The molecule has 2 rings (SSSR count). The molecule has 0 saturated carbocycles. The van der Waals surface area contributed by atoms with Crippen LogP contribution in [0.25, 0.3) is 0 Å². The highest BCUT2D eigenvalue weighted by Gasteiger charge is 2.19. The number of hydrogen-bond acceptors (Lipinski definition) is 3. The first kappa shape index (κ1) is 9.31. The van der Waals surface area contributed by atoms with Gasteiger partial charge in [-0.25, -0.2) is 4.98 Å². The standard InChI is InChI=1S/C11H16N2O/c1-7-10(12)8-5-3-4-6-9(8)11(13-7)14-2/h3-6,12H2,1-2H3. The molecule has 0 bridgehead atoms. The Morgan fingerprint density at radius 3 is 2.50 bits per heavy atom. The summed E-state index contributed by atoms with van der Waals surface area (Å²) >= 11 is 0. The molecule has 0 atom stereocenters. The molecule has 3 heteroatoms. The molecule has 2 N–H and O–H groups in total. The Morgan fingerprint density at radius 1 is 1.21 bits per heavy atom. The lowest BCUT2D eigenvalue weighted by Crippen LogP contribution is -2.11. The van der Waals surface area contributed by atoms with E-state index in [-0.39, 0.29) is 0 Å². The largest absolute Gasteiger partial charge is 0.481 e. The minimum absolute atomic E-state index is 0.770. The second kappa shape index (κ2) is 3.48. The third-order valence-electron chi connectivity index (χ3n) is 2.90. The first-order valence-corrected chi connectivity index (χ1v) is 5.06.